The van der Waals surface area contributed by atoms with E-state index in [1.54, 1.807) is 12.1 Å². The lowest BCUT2D eigenvalue weighted by atomic mass is 10.0. The number of aliphatic hydroxyl groups excluding tert-OH is 2. The zero-order valence-electron chi connectivity index (χ0n) is 11.7. The summed E-state index contributed by atoms with van der Waals surface area (Å²) in [6, 6.07) is 5.30. The van der Waals surface area contributed by atoms with Gasteiger partial charge in [-0.25, -0.2) is 0 Å². The van der Waals surface area contributed by atoms with Crippen LogP contribution in [0.2, 0.25) is 0 Å². The first-order valence-electron chi connectivity index (χ1n) is 6.93. The molecule has 1 atom stereocenters. The van der Waals surface area contributed by atoms with Crippen LogP contribution in [0.5, 0.6) is 0 Å². The molecule has 3 N–H and O–H groups in total. The van der Waals surface area contributed by atoms with Gasteiger partial charge in [0.2, 0.25) is 0 Å². The molecule has 0 aromatic heterocycles. The molecule has 0 saturated heterocycles. The molecule has 6 nitrogen and oxygen atoms in total. The number of anilines is 1. The predicted octanol–water partition coefficient (Wildman–Crippen LogP) is 0.450. The number of β-amino-alcohol motifs (C(OH)–C–C–N with tert-alkyl or cyclic N) is 1. The fraction of sp³-hybridized carbons (Fsp3) is 0.467. The van der Waals surface area contributed by atoms with Crippen LogP contribution in [-0.4, -0.2) is 52.9 Å². The van der Waals surface area contributed by atoms with E-state index in [0.717, 1.165) is 24.2 Å². The molecule has 2 rings (SSSR count). The largest absolute Gasteiger partial charge is 0.481 e. The molecule has 1 aliphatic rings. The van der Waals surface area contributed by atoms with Crippen LogP contribution in [0.1, 0.15) is 28.8 Å². The third kappa shape index (κ3) is 3.80. The molecular formula is C15H19NO5. The first-order valence-corrected chi connectivity index (χ1v) is 6.93. The fourth-order valence-corrected chi connectivity index (χ4v) is 2.51. The van der Waals surface area contributed by atoms with E-state index in [-0.39, 0.29) is 25.2 Å². The molecule has 1 aromatic carbocycles. The smallest absolute Gasteiger partial charge is 0.303 e. The molecule has 1 unspecified atom stereocenters. The van der Waals surface area contributed by atoms with Crippen molar-refractivity contribution in [1.82, 2.24) is 0 Å². The number of nitrogens with zero attached hydrogens (tertiary/aromatic N) is 1. The monoisotopic (exact) mass is 293 g/mol. The van der Waals surface area contributed by atoms with Crippen LogP contribution in [-0.2, 0) is 11.2 Å². The first kappa shape index (κ1) is 15.5. The molecule has 1 aromatic rings. The highest BCUT2D eigenvalue weighted by molar-refractivity contribution is 5.98. The van der Waals surface area contributed by atoms with Gasteiger partial charge in [-0.05, 0) is 30.2 Å². The number of benzene rings is 1. The third-order valence-electron chi connectivity index (χ3n) is 3.60. The van der Waals surface area contributed by atoms with Gasteiger partial charge in [-0.2, -0.15) is 0 Å². The summed E-state index contributed by atoms with van der Waals surface area (Å²) in [7, 11) is 0. The van der Waals surface area contributed by atoms with Gasteiger partial charge >= 0.3 is 5.97 Å². The molecule has 21 heavy (non-hydrogen) atoms. The molecule has 6 heteroatoms. The summed E-state index contributed by atoms with van der Waals surface area (Å²) in [5, 5.41) is 27.0. The number of carbonyl (C=O) groups is 2. The van der Waals surface area contributed by atoms with Gasteiger partial charge in [0.1, 0.15) is 0 Å². The summed E-state index contributed by atoms with van der Waals surface area (Å²) < 4.78 is 0. The van der Waals surface area contributed by atoms with Crippen molar-refractivity contribution in [3.8, 4) is 0 Å². The van der Waals surface area contributed by atoms with E-state index >= 15 is 0 Å². The zero-order valence-corrected chi connectivity index (χ0v) is 11.7. The number of ketones is 1. The van der Waals surface area contributed by atoms with Gasteiger partial charge < -0.3 is 20.2 Å². The van der Waals surface area contributed by atoms with E-state index in [0.29, 0.717) is 12.1 Å². The Hall–Kier alpha value is -1.92. The molecule has 0 amide bonds. The molecule has 0 bridgehead atoms. The minimum absolute atomic E-state index is 0.00105. The van der Waals surface area contributed by atoms with Gasteiger partial charge in [-0.1, -0.05) is 0 Å². The van der Waals surface area contributed by atoms with Gasteiger partial charge in [0.25, 0.3) is 0 Å². The van der Waals surface area contributed by atoms with Crippen molar-refractivity contribution >= 4 is 17.4 Å². The summed E-state index contributed by atoms with van der Waals surface area (Å²) in [6.45, 7) is 0.812. The van der Waals surface area contributed by atoms with Crippen molar-refractivity contribution in [2.45, 2.75) is 25.4 Å². The second kappa shape index (κ2) is 6.69. The average Bonchev–Trinajstić information content (AvgIpc) is 2.86. The van der Waals surface area contributed by atoms with E-state index in [1.165, 1.54) is 0 Å². The lowest BCUT2D eigenvalue weighted by Crippen LogP contribution is -2.32. The van der Waals surface area contributed by atoms with Gasteiger partial charge in [0.15, 0.2) is 5.78 Å². The molecule has 0 saturated carbocycles. The second-order valence-corrected chi connectivity index (χ2v) is 5.19. The summed E-state index contributed by atoms with van der Waals surface area (Å²) in [5.41, 5.74) is 2.50. The summed E-state index contributed by atoms with van der Waals surface area (Å²) in [5.74, 6) is -1.15. The normalized spacial score (nSPS) is 14.9. The predicted molar refractivity (Wildman–Crippen MR) is 76.7 cm³/mol. The maximum atomic E-state index is 11.9. The Kier molecular flexibility index (Phi) is 4.93. The highest BCUT2D eigenvalue weighted by atomic mass is 16.4. The molecular weight excluding hydrogens is 274 g/mol. The van der Waals surface area contributed by atoms with Crippen molar-refractivity contribution in [3.63, 3.8) is 0 Å². The number of rotatable bonds is 7. The van der Waals surface area contributed by atoms with Crippen molar-refractivity contribution in [1.29, 1.82) is 0 Å². The van der Waals surface area contributed by atoms with E-state index in [9.17, 15) is 14.7 Å². The Morgan fingerprint density at radius 3 is 2.71 bits per heavy atom. The van der Waals surface area contributed by atoms with E-state index < -0.39 is 12.1 Å². The highest BCUT2D eigenvalue weighted by Gasteiger charge is 2.22. The van der Waals surface area contributed by atoms with Crippen LogP contribution >= 0.6 is 0 Å². The van der Waals surface area contributed by atoms with Gasteiger partial charge in [-0.3, -0.25) is 9.59 Å². The van der Waals surface area contributed by atoms with Crippen LogP contribution in [0.3, 0.4) is 0 Å². The van der Waals surface area contributed by atoms with Crippen molar-refractivity contribution in [2.75, 3.05) is 24.6 Å². The van der Waals surface area contributed by atoms with Crippen LogP contribution < -0.4 is 4.90 Å². The Labute approximate surface area is 122 Å². The van der Waals surface area contributed by atoms with E-state index in [2.05, 4.69) is 0 Å². The van der Waals surface area contributed by atoms with Crippen molar-refractivity contribution in [2.24, 2.45) is 0 Å². The number of carbonyl (C=O) groups excluding carboxylic acids is 1. The Morgan fingerprint density at radius 2 is 2.05 bits per heavy atom. The van der Waals surface area contributed by atoms with Crippen molar-refractivity contribution < 1.29 is 24.9 Å². The number of carboxylic acid groups (broad SMARTS) is 1. The lowest BCUT2D eigenvalue weighted by Gasteiger charge is -2.21. The number of aliphatic carboxylic acids is 1. The van der Waals surface area contributed by atoms with Gasteiger partial charge in [-0.15, -0.1) is 0 Å². The number of hydrogen-bond donors (Lipinski definition) is 3. The van der Waals surface area contributed by atoms with Crippen molar-refractivity contribution in [3.05, 3.63) is 29.3 Å². The standard InChI is InChI=1S/C15H19NO5/c17-9-12(18)8-16-6-5-10-7-11(1-2-13(10)16)14(19)3-4-15(20)21/h1-2,7,12,17-18H,3-6,8-9H2,(H,20,21). The Balaban J connectivity index is 2.07. The Morgan fingerprint density at radius 1 is 1.29 bits per heavy atom. The summed E-state index contributed by atoms with van der Waals surface area (Å²) in [4.78, 5) is 24.4. The number of aliphatic hydroxyl groups is 2. The second-order valence-electron chi connectivity index (χ2n) is 5.19. The van der Waals surface area contributed by atoms with Crippen LogP contribution in [0, 0.1) is 0 Å². The fourth-order valence-electron chi connectivity index (χ4n) is 2.51. The number of hydrogen-bond acceptors (Lipinski definition) is 5. The van der Waals surface area contributed by atoms with Crippen LogP contribution in [0.15, 0.2) is 18.2 Å². The molecule has 0 radical (unpaired) electrons. The molecule has 0 spiro atoms. The first-order chi connectivity index (χ1) is 10.0. The van der Waals surface area contributed by atoms with E-state index in [1.807, 2.05) is 11.0 Å². The minimum Gasteiger partial charge on any atom is -0.481 e. The zero-order chi connectivity index (χ0) is 15.4. The molecule has 0 fully saturated rings. The molecule has 114 valence electrons. The summed E-state index contributed by atoms with van der Waals surface area (Å²) >= 11 is 0. The SMILES string of the molecule is O=C(O)CCC(=O)c1ccc2c(c1)CCN2CC(O)CO. The minimum atomic E-state index is -0.978. The maximum absolute atomic E-state index is 11.9. The Bertz CT molecular complexity index is 543. The topological polar surface area (TPSA) is 98.1 Å². The lowest BCUT2D eigenvalue weighted by molar-refractivity contribution is -0.136. The number of carboxylic acids is 1. The number of fused-ring (bicyclic) bond motifs is 1. The average molecular weight is 293 g/mol. The maximum Gasteiger partial charge on any atom is 0.303 e. The van der Waals surface area contributed by atoms with Crippen LogP contribution in [0.25, 0.3) is 0 Å². The van der Waals surface area contributed by atoms with Gasteiger partial charge in [0.05, 0.1) is 19.1 Å². The van der Waals surface area contributed by atoms with Crippen LogP contribution in [0.4, 0.5) is 5.69 Å². The van der Waals surface area contributed by atoms with Gasteiger partial charge in [0, 0.05) is 30.8 Å². The highest BCUT2D eigenvalue weighted by Crippen LogP contribution is 2.29. The molecule has 0 aliphatic carbocycles. The molecule has 1 heterocycles. The summed E-state index contributed by atoms with van der Waals surface area (Å²) in [6.07, 6.45) is -0.174. The van der Waals surface area contributed by atoms with E-state index in [4.69, 9.17) is 10.2 Å². The quantitative estimate of drug-likeness (QED) is 0.631. The molecule has 1 aliphatic heterocycles. The third-order valence-corrected chi connectivity index (χ3v) is 3.60. The number of Topliss-reactive ketones (excluding diaryl/α,β-unsaturated/α-hetero) is 1.